The lowest BCUT2D eigenvalue weighted by molar-refractivity contribution is -0.134. The third-order valence-electron chi connectivity index (χ3n) is 7.21. The van der Waals surface area contributed by atoms with E-state index in [0.29, 0.717) is 11.5 Å². The summed E-state index contributed by atoms with van der Waals surface area (Å²) in [6, 6.07) is 16.1. The minimum absolute atomic E-state index is 0.0464. The number of amides is 2. The Labute approximate surface area is 190 Å². The summed E-state index contributed by atoms with van der Waals surface area (Å²) in [6.45, 7) is 1.56. The number of hydrogen-bond donors (Lipinski definition) is 0. The summed E-state index contributed by atoms with van der Waals surface area (Å²) in [5.74, 6) is 1.46. The Morgan fingerprint density at radius 2 is 1.66 bits per heavy atom. The molecule has 32 heavy (non-hydrogen) atoms. The van der Waals surface area contributed by atoms with Crippen LogP contribution < -0.4 is 4.74 Å². The molecule has 2 aromatic carbocycles. The number of piperidine rings is 1. The van der Waals surface area contributed by atoms with Gasteiger partial charge in [-0.05, 0) is 67.5 Å². The maximum Gasteiger partial charge on any atom is 0.254 e. The summed E-state index contributed by atoms with van der Waals surface area (Å²) < 4.78 is 6.15. The number of nitrogens with zero attached hydrogens (tertiary/aromatic N) is 2. The van der Waals surface area contributed by atoms with E-state index in [1.165, 1.54) is 11.1 Å². The number of likely N-dealkylation sites (tertiary alicyclic amines) is 1. The second-order valence-corrected chi connectivity index (χ2v) is 9.46. The standard InChI is InChI=1S/C27H32N2O3/c1-28(25-8-4-6-19-5-2-3-7-24(19)25)26(30)20-11-13-22(14-12-20)32-23-15-17-29(18-16-23)27(31)21-9-10-21/h2-3,5,7,11-14,21,23,25H,4,6,8-10,15-18H2,1H3. The zero-order chi connectivity index (χ0) is 22.1. The van der Waals surface area contributed by atoms with Gasteiger partial charge in [-0.1, -0.05) is 24.3 Å². The van der Waals surface area contributed by atoms with Gasteiger partial charge in [-0.2, -0.15) is 0 Å². The molecule has 1 atom stereocenters. The Morgan fingerprint density at radius 1 is 0.938 bits per heavy atom. The van der Waals surface area contributed by atoms with Gasteiger partial charge in [0.1, 0.15) is 11.9 Å². The molecule has 0 bridgehead atoms. The van der Waals surface area contributed by atoms with E-state index in [9.17, 15) is 9.59 Å². The van der Waals surface area contributed by atoms with Gasteiger partial charge >= 0.3 is 0 Å². The van der Waals surface area contributed by atoms with Crippen LogP contribution in [0.3, 0.4) is 0 Å². The zero-order valence-corrected chi connectivity index (χ0v) is 18.8. The third kappa shape index (κ3) is 4.38. The molecule has 1 saturated heterocycles. The summed E-state index contributed by atoms with van der Waals surface area (Å²) in [5, 5.41) is 0. The molecular formula is C27H32N2O3. The highest BCUT2D eigenvalue weighted by Gasteiger charge is 2.35. The van der Waals surface area contributed by atoms with Gasteiger partial charge in [0.25, 0.3) is 5.91 Å². The second-order valence-electron chi connectivity index (χ2n) is 9.46. The Kier molecular flexibility index (Phi) is 5.90. The van der Waals surface area contributed by atoms with E-state index in [4.69, 9.17) is 4.74 Å². The molecule has 1 aliphatic heterocycles. The molecule has 1 saturated carbocycles. The monoisotopic (exact) mass is 432 g/mol. The number of carbonyl (C=O) groups is 2. The first kappa shape index (κ1) is 21.0. The van der Waals surface area contributed by atoms with Crippen molar-refractivity contribution in [2.45, 2.75) is 57.1 Å². The molecule has 0 spiro atoms. The topological polar surface area (TPSA) is 49.9 Å². The Bertz CT molecular complexity index is 975. The van der Waals surface area contributed by atoms with Crippen LogP contribution in [0.5, 0.6) is 5.75 Å². The lowest BCUT2D eigenvalue weighted by Crippen LogP contribution is -2.42. The van der Waals surface area contributed by atoms with Crippen molar-refractivity contribution in [1.29, 1.82) is 0 Å². The molecule has 3 aliphatic rings. The van der Waals surface area contributed by atoms with Crippen molar-refractivity contribution in [2.75, 3.05) is 20.1 Å². The zero-order valence-electron chi connectivity index (χ0n) is 18.8. The maximum absolute atomic E-state index is 13.2. The third-order valence-corrected chi connectivity index (χ3v) is 7.21. The smallest absolute Gasteiger partial charge is 0.254 e. The van der Waals surface area contributed by atoms with Crippen molar-refractivity contribution in [3.05, 3.63) is 65.2 Å². The first-order valence-electron chi connectivity index (χ1n) is 12.0. The van der Waals surface area contributed by atoms with E-state index in [1.54, 1.807) is 0 Å². The number of aryl methyl sites for hydroxylation is 1. The van der Waals surface area contributed by atoms with Crippen molar-refractivity contribution >= 4 is 11.8 Å². The molecular weight excluding hydrogens is 400 g/mol. The quantitative estimate of drug-likeness (QED) is 0.693. The van der Waals surface area contributed by atoms with Crippen molar-refractivity contribution in [2.24, 2.45) is 5.92 Å². The van der Waals surface area contributed by atoms with E-state index in [-0.39, 0.29) is 24.0 Å². The van der Waals surface area contributed by atoms with Gasteiger partial charge in [-0.3, -0.25) is 9.59 Å². The van der Waals surface area contributed by atoms with E-state index >= 15 is 0 Å². The molecule has 5 nitrogen and oxygen atoms in total. The summed E-state index contributed by atoms with van der Waals surface area (Å²) in [4.78, 5) is 29.3. The molecule has 0 N–H and O–H groups in total. The van der Waals surface area contributed by atoms with Gasteiger partial charge < -0.3 is 14.5 Å². The molecule has 1 unspecified atom stereocenters. The normalized spacial score (nSPS) is 21.0. The van der Waals surface area contributed by atoms with Crippen LogP contribution in [0.15, 0.2) is 48.5 Å². The fourth-order valence-electron chi connectivity index (χ4n) is 5.13. The van der Waals surface area contributed by atoms with Crippen LogP contribution in [0.1, 0.15) is 66.1 Å². The van der Waals surface area contributed by atoms with Crippen LogP contribution in [0.4, 0.5) is 0 Å². The molecule has 2 amide bonds. The highest BCUT2D eigenvalue weighted by Crippen LogP contribution is 2.34. The van der Waals surface area contributed by atoms with Gasteiger partial charge in [0.2, 0.25) is 5.91 Å². The summed E-state index contributed by atoms with van der Waals surface area (Å²) in [6.07, 6.45) is 7.17. The molecule has 0 radical (unpaired) electrons. The van der Waals surface area contributed by atoms with Gasteiger partial charge in [-0.15, -0.1) is 0 Å². The maximum atomic E-state index is 13.2. The summed E-state index contributed by atoms with van der Waals surface area (Å²) in [7, 11) is 1.91. The summed E-state index contributed by atoms with van der Waals surface area (Å²) >= 11 is 0. The SMILES string of the molecule is CN(C(=O)c1ccc(OC2CCN(C(=O)C3CC3)CC2)cc1)C1CCCc2ccccc21. The largest absolute Gasteiger partial charge is 0.490 e. The van der Waals surface area contributed by atoms with Crippen LogP contribution in [0, 0.1) is 5.92 Å². The number of rotatable bonds is 5. The van der Waals surface area contributed by atoms with Crippen LogP contribution >= 0.6 is 0 Å². The molecule has 168 valence electrons. The number of carbonyl (C=O) groups excluding carboxylic acids is 2. The van der Waals surface area contributed by atoms with Crippen molar-refractivity contribution < 1.29 is 14.3 Å². The molecule has 2 fully saturated rings. The molecule has 2 aromatic rings. The minimum atomic E-state index is 0.0464. The van der Waals surface area contributed by atoms with Crippen molar-refractivity contribution in [3.63, 3.8) is 0 Å². The first-order valence-corrected chi connectivity index (χ1v) is 12.0. The van der Waals surface area contributed by atoms with Gasteiger partial charge in [-0.25, -0.2) is 0 Å². The highest BCUT2D eigenvalue weighted by molar-refractivity contribution is 5.94. The lowest BCUT2D eigenvalue weighted by atomic mass is 9.87. The average Bonchev–Trinajstić information content (AvgIpc) is 3.69. The Balaban J connectivity index is 1.18. The number of fused-ring (bicyclic) bond motifs is 1. The summed E-state index contributed by atoms with van der Waals surface area (Å²) in [5.41, 5.74) is 3.32. The fourth-order valence-corrected chi connectivity index (χ4v) is 5.13. The number of hydrogen-bond acceptors (Lipinski definition) is 3. The van der Waals surface area contributed by atoms with Crippen molar-refractivity contribution in [3.8, 4) is 5.75 Å². The number of ether oxygens (including phenoxy) is 1. The van der Waals surface area contributed by atoms with Crippen LogP contribution in [0.2, 0.25) is 0 Å². The first-order chi connectivity index (χ1) is 15.6. The van der Waals surface area contributed by atoms with E-state index in [1.807, 2.05) is 41.1 Å². The fraction of sp³-hybridized carbons (Fsp3) is 0.481. The van der Waals surface area contributed by atoms with Gasteiger partial charge in [0, 0.05) is 44.5 Å². The van der Waals surface area contributed by atoms with Gasteiger partial charge in [0.05, 0.1) is 6.04 Å². The van der Waals surface area contributed by atoms with E-state index in [2.05, 4.69) is 24.3 Å². The van der Waals surface area contributed by atoms with Crippen LogP contribution in [0.25, 0.3) is 0 Å². The second kappa shape index (κ2) is 8.97. The molecule has 5 heteroatoms. The molecule has 2 aliphatic carbocycles. The molecule has 5 rings (SSSR count). The van der Waals surface area contributed by atoms with Crippen molar-refractivity contribution in [1.82, 2.24) is 9.80 Å². The predicted molar refractivity (Wildman–Crippen MR) is 124 cm³/mol. The Hall–Kier alpha value is -2.82. The highest BCUT2D eigenvalue weighted by atomic mass is 16.5. The van der Waals surface area contributed by atoms with Crippen LogP contribution in [-0.2, 0) is 11.2 Å². The Morgan fingerprint density at radius 3 is 2.38 bits per heavy atom. The lowest BCUT2D eigenvalue weighted by Gasteiger charge is -2.33. The minimum Gasteiger partial charge on any atom is -0.490 e. The van der Waals surface area contributed by atoms with E-state index < -0.39 is 0 Å². The molecule has 1 heterocycles. The number of benzene rings is 2. The average molecular weight is 433 g/mol. The molecule has 0 aromatic heterocycles. The van der Waals surface area contributed by atoms with Crippen LogP contribution in [-0.4, -0.2) is 47.9 Å². The van der Waals surface area contributed by atoms with Gasteiger partial charge in [0.15, 0.2) is 0 Å². The predicted octanol–water partition coefficient (Wildman–Crippen LogP) is 4.62. The van der Waals surface area contributed by atoms with E-state index in [0.717, 1.165) is 63.8 Å².